The number of hydrogen-bond donors (Lipinski definition) is 0. The van der Waals surface area contributed by atoms with Crippen molar-refractivity contribution in [2.45, 2.75) is 46.3 Å². The Morgan fingerprint density at radius 1 is 0.800 bits per heavy atom. The molecule has 126 valence electrons. The Kier molecular flexibility index (Phi) is 45.1. The summed E-state index contributed by atoms with van der Waals surface area (Å²) >= 11 is 0. The Labute approximate surface area is 143 Å². The second-order valence-electron chi connectivity index (χ2n) is 4.77. The summed E-state index contributed by atoms with van der Waals surface area (Å²) in [5.41, 5.74) is 0.0537. The molecule has 0 aliphatic carbocycles. The van der Waals surface area contributed by atoms with Gasteiger partial charge in [0.2, 0.25) is 0 Å². The monoisotopic (exact) mass is 322 g/mol. The topological polar surface area (TPSA) is 70.5 Å². The van der Waals surface area contributed by atoms with Crippen molar-refractivity contribution in [2.75, 3.05) is 48.8 Å². The largest absolute Gasteiger partial charge is 0.678 e. The summed E-state index contributed by atoms with van der Waals surface area (Å²) in [7, 11) is 10.5. The van der Waals surface area contributed by atoms with Crippen molar-refractivity contribution in [1.82, 2.24) is 0 Å². The first-order chi connectivity index (χ1) is 8.70. The van der Waals surface area contributed by atoms with E-state index in [-0.39, 0.29) is 33.4 Å². The SMILES string of the molecule is CC[N-]C(C)[N-]C(C)(C)C.C[N-]C.C[N-]C.C[N-]C.[Ti]. The van der Waals surface area contributed by atoms with Gasteiger partial charge in [-0.15, -0.1) is 12.5 Å². The van der Waals surface area contributed by atoms with E-state index in [1.807, 2.05) is 13.8 Å². The third kappa shape index (κ3) is 78.3. The van der Waals surface area contributed by atoms with E-state index in [0.29, 0.717) is 0 Å². The van der Waals surface area contributed by atoms with Gasteiger partial charge in [-0.3, -0.25) is 0 Å². The van der Waals surface area contributed by atoms with Crippen LogP contribution in [0.25, 0.3) is 26.6 Å². The molecule has 0 saturated heterocycles. The Balaban J connectivity index is -0.0000000626. The smallest absolute Gasteiger partial charge is 0 e. The summed E-state index contributed by atoms with van der Waals surface area (Å²) in [5.74, 6) is 0. The molecule has 0 bridgehead atoms. The molecule has 20 heavy (non-hydrogen) atoms. The predicted octanol–water partition coefficient (Wildman–Crippen LogP) is 4.75. The zero-order valence-corrected chi connectivity index (χ0v) is 17.1. The maximum Gasteiger partial charge on any atom is 0 e. The average molecular weight is 322 g/mol. The molecule has 0 spiro atoms. The Morgan fingerprint density at radius 3 is 1.20 bits per heavy atom. The van der Waals surface area contributed by atoms with Crippen molar-refractivity contribution in [2.24, 2.45) is 0 Å². The molecule has 0 fully saturated rings. The molecule has 0 aromatic carbocycles. The van der Waals surface area contributed by atoms with E-state index in [2.05, 4.69) is 47.4 Å². The Hall–Kier alpha value is 0.514. The van der Waals surface area contributed by atoms with Crippen LogP contribution < -0.4 is 0 Å². The summed E-state index contributed by atoms with van der Waals surface area (Å²) in [6, 6.07) is 0. The molecule has 0 aliphatic heterocycles. The van der Waals surface area contributed by atoms with Crippen LogP contribution in [-0.4, -0.2) is 60.5 Å². The first-order valence-corrected chi connectivity index (χ1v) is 6.52. The third-order valence-electron chi connectivity index (χ3n) is 1.02. The van der Waals surface area contributed by atoms with Gasteiger partial charge in [-0.05, 0) is 0 Å². The first kappa shape index (κ1) is 32.5. The second-order valence-corrected chi connectivity index (χ2v) is 4.77. The minimum atomic E-state index is 0. The summed E-state index contributed by atoms with van der Waals surface area (Å²) < 4.78 is 0. The summed E-state index contributed by atoms with van der Waals surface area (Å²) in [6.07, 6.45) is 0.157. The van der Waals surface area contributed by atoms with Gasteiger partial charge in [0.1, 0.15) is 0 Å². The van der Waals surface area contributed by atoms with Gasteiger partial charge in [-0.2, -0.15) is 48.8 Å². The molecule has 0 radical (unpaired) electrons. The van der Waals surface area contributed by atoms with Crippen LogP contribution in [0, 0.1) is 0 Å². The minimum Gasteiger partial charge on any atom is -0.678 e. The maximum atomic E-state index is 4.43. The van der Waals surface area contributed by atoms with Crippen LogP contribution in [0.2, 0.25) is 0 Å². The minimum absolute atomic E-state index is 0. The molecule has 0 saturated carbocycles. The van der Waals surface area contributed by atoms with Gasteiger partial charge < -0.3 is 26.6 Å². The van der Waals surface area contributed by atoms with Gasteiger partial charge in [0.25, 0.3) is 0 Å². The fourth-order valence-corrected chi connectivity index (χ4v) is 0.866. The van der Waals surface area contributed by atoms with Crippen LogP contribution in [0.5, 0.6) is 0 Å². The van der Waals surface area contributed by atoms with Gasteiger partial charge in [0.05, 0.1) is 0 Å². The summed E-state index contributed by atoms with van der Waals surface area (Å²) in [6.45, 7) is 11.2. The molecule has 5 nitrogen and oxygen atoms in total. The zero-order valence-electron chi connectivity index (χ0n) is 15.5. The van der Waals surface area contributed by atoms with Crippen molar-refractivity contribution >= 4 is 0 Å². The number of rotatable bonds is 3. The van der Waals surface area contributed by atoms with Crippen LogP contribution >= 0.6 is 0 Å². The number of nitrogens with zero attached hydrogens (tertiary/aromatic N) is 5. The van der Waals surface area contributed by atoms with E-state index in [4.69, 9.17) is 0 Å². The van der Waals surface area contributed by atoms with Crippen LogP contribution in [0.3, 0.4) is 0 Å². The van der Waals surface area contributed by atoms with E-state index in [0.717, 1.165) is 6.54 Å². The molecular weight excluding hydrogens is 286 g/mol. The van der Waals surface area contributed by atoms with Gasteiger partial charge in [-0.1, -0.05) is 27.7 Å². The molecule has 0 N–H and O–H groups in total. The average Bonchev–Trinajstić information content (AvgIpc) is 2.18. The van der Waals surface area contributed by atoms with Crippen molar-refractivity contribution in [3.63, 3.8) is 0 Å². The van der Waals surface area contributed by atoms with E-state index < -0.39 is 0 Å². The van der Waals surface area contributed by atoms with E-state index in [9.17, 15) is 0 Å². The fourth-order valence-electron chi connectivity index (χ4n) is 0.866. The standard InChI is InChI=1S/C8H18N2.3C2H6N.Ti/c1-6-9-7(2)10-8(3,4)5;3*1-3-2;/h7H,6H2,1-5H3;3*1-2H3;/q-2;3*-1;. The molecule has 0 heterocycles. The fraction of sp³-hybridized carbons (Fsp3) is 1.00. The molecule has 0 amide bonds. The van der Waals surface area contributed by atoms with Crippen molar-refractivity contribution in [3.8, 4) is 0 Å². The zero-order chi connectivity index (χ0) is 16.3. The number of hydrogen-bond acceptors (Lipinski definition) is 0. The van der Waals surface area contributed by atoms with Gasteiger partial charge in [0.15, 0.2) is 0 Å². The van der Waals surface area contributed by atoms with E-state index >= 15 is 0 Å². The predicted molar refractivity (Wildman–Crippen MR) is 92.1 cm³/mol. The molecule has 1 unspecified atom stereocenters. The Morgan fingerprint density at radius 2 is 1.05 bits per heavy atom. The molecule has 0 rings (SSSR count). The van der Waals surface area contributed by atoms with Crippen molar-refractivity contribution in [3.05, 3.63) is 26.6 Å². The molecule has 0 aliphatic rings. The van der Waals surface area contributed by atoms with Crippen molar-refractivity contribution in [1.29, 1.82) is 0 Å². The van der Waals surface area contributed by atoms with Gasteiger partial charge in [-0.25, -0.2) is 6.17 Å². The molecule has 6 heteroatoms. The second kappa shape index (κ2) is 27.8. The Bertz CT molecular complexity index is 124. The first-order valence-electron chi connectivity index (χ1n) is 6.52. The van der Waals surface area contributed by atoms with Crippen molar-refractivity contribution < 1.29 is 21.7 Å². The molecule has 0 aromatic rings. The summed E-state index contributed by atoms with van der Waals surface area (Å²) in [4.78, 5) is 0. The summed E-state index contributed by atoms with van der Waals surface area (Å²) in [5, 5.41) is 19.2. The van der Waals surface area contributed by atoms with Gasteiger partial charge >= 0.3 is 0 Å². The molecular formula is C14H36N5Ti-5. The van der Waals surface area contributed by atoms with E-state index in [1.54, 1.807) is 42.3 Å². The third-order valence-corrected chi connectivity index (χ3v) is 1.02. The maximum absolute atomic E-state index is 4.43. The van der Waals surface area contributed by atoms with E-state index in [1.165, 1.54) is 0 Å². The van der Waals surface area contributed by atoms with Crippen LogP contribution in [-0.2, 0) is 21.7 Å². The quantitative estimate of drug-likeness (QED) is 0.672. The molecule has 0 aromatic heterocycles. The van der Waals surface area contributed by atoms with Crippen LogP contribution in [0.15, 0.2) is 0 Å². The van der Waals surface area contributed by atoms with Gasteiger partial charge in [0, 0.05) is 21.7 Å². The molecule has 1 atom stereocenters. The van der Waals surface area contributed by atoms with Crippen LogP contribution in [0.4, 0.5) is 0 Å². The normalized spacial score (nSPS) is 10.3. The van der Waals surface area contributed by atoms with Crippen LogP contribution in [0.1, 0.15) is 34.6 Å².